The van der Waals surface area contributed by atoms with E-state index in [1.807, 2.05) is 6.92 Å². The first-order valence-corrected chi connectivity index (χ1v) is 5.13. The van der Waals surface area contributed by atoms with Crippen LogP contribution in [-0.2, 0) is 15.9 Å². The van der Waals surface area contributed by atoms with Crippen molar-refractivity contribution < 1.29 is 13.6 Å². The molecule has 1 unspecified atom stereocenters. The second-order valence-electron chi connectivity index (χ2n) is 2.54. The Labute approximate surface area is 75.1 Å². The number of rotatable bonds is 5. The molecule has 0 aliphatic rings. The van der Waals surface area contributed by atoms with Gasteiger partial charge in [-0.1, -0.05) is 19.4 Å². The van der Waals surface area contributed by atoms with E-state index >= 15 is 0 Å². The summed E-state index contributed by atoms with van der Waals surface area (Å²) < 4.78 is 18.9. The van der Waals surface area contributed by atoms with Crippen molar-refractivity contribution in [3.8, 4) is 0 Å². The average molecular weight is 190 g/mol. The lowest BCUT2D eigenvalue weighted by molar-refractivity contribution is -0.113. The smallest absolute Gasteiger partial charge is 0.157 e. The molecule has 0 saturated heterocycles. The first-order valence-electron chi connectivity index (χ1n) is 3.85. The Morgan fingerprint density at radius 3 is 2.50 bits per heavy atom. The zero-order valence-electron chi connectivity index (χ0n) is 7.37. The van der Waals surface area contributed by atoms with Gasteiger partial charge in [0.05, 0.1) is 5.75 Å². The van der Waals surface area contributed by atoms with Crippen LogP contribution in [0.2, 0.25) is 0 Å². The van der Waals surface area contributed by atoms with Crippen molar-refractivity contribution in [3.63, 3.8) is 0 Å². The molecule has 0 rings (SSSR count). The maximum absolute atomic E-state index is 10.9. The van der Waals surface area contributed by atoms with Crippen molar-refractivity contribution in [1.82, 2.24) is 0 Å². The summed E-state index contributed by atoms with van der Waals surface area (Å²) in [4.78, 5) is 10.9. The summed E-state index contributed by atoms with van der Waals surface area (Å²) in [5.41, 5.74) is 0.456. The molecule has 4 heteroatoms. The maximum Gasteiger partial charge on any atom is 0.157 e. The SMILES string of the molecule is CCC/C=C(\CS(=O)O)C(C)=O. The largest absolute Gasteiger partial charge is 0.306 e. The van der Waals surface area contributed by atoms with Crippen molar-refractivity contribution >= 4 is 16.9 Å². The molecule has 0 aromatic heterocycles. The molecule has 0 aromatic carbocycles. The Morgan fingerprint density at radius 2 is 2.17 bits per heavy atom. The van der Waals surface area contributed by atoms with Crippen molar-refractivity contribution in [3.05, 3.63) is 11.6 Å². The van der Waals surface area contributed by atoms with Crippen molar-refractivity contribution in [2.45, 2.75) is 26.7 Å². The van der Waals surface area contributed by atoms with Crippen LogP contribution in [0.5, 0.6) is 0 Å². The van der Waals surface area contributed by atoms with Crippen LogP contribution >= 0.6 is 0 Å². The summed E-state index contributed by atoms with van der Waals surface area (Å²) in [7, 11) is 0. The number of hydrogen-bond acceptors (Lipinski definition) is 2. The first kappa shape index (κ1) is 11.5. The van der Waals surface area contributed by atoms with E-state index in [2.05, 4.69) is 0 Å². The average Bonchev–Trinajstić information content (AvgIpc) is 1.96. The van der Waals surface area contributed by atoms with Gasteiger partial charge in [-0.05, 0) is 13.3 Å². The molecule has 1 N–H and O–H groups in total. The molecule has 0 aliphatic carbocycles. The fraction of sp³-hybridized carbons (Fsp3) is 0.625. The zero-order valence-corrected chi connectivity index (χ0v) is 8.19. The van der Waals surface area contributed by atoms with Gasteiger partial charge in [0.15, 0.2) is 16.9 Å². The highest BCUT2D eigenvalue weighted by atomic mass is 32.2. The fourth-order valence-electron chi connectivity index (χ4n) is 0.756. The van der Waals surface area contributed by atoms with E-state index in [9.17, 15) is 9.00 Å². The Kier molecular flexibility index (Phi) is 5.84. The van der Waals surface area contributed by atoms with Crippen molar-refractivity contribution in [2.24, 2.45) is 0 Å². The van der Waals surface area contributed by atoms with Gasteiger partial charge in [0.25, 0.3) is 0 Å². The minimum atomic E-state index is -1.91. The van der Waals surface area contributed by atoms with Crippen LogP contribution in [0.25, 0.3) is 0 Å². The highest BCUT2D eigenvalue weighted by Gasteiger charge is 2.05. The highest BCUT2D eigenvalue weighted by Crippen LogP contribution is 2.02. The van der Waals surface area contributed by atoms with Crippen LogP contribution in [0.15, 0.2) is 11.6 Å². The van der Waals surface area contributed by atoms with Crippen LogP contribution in [0.3, 0.4) is 0 Å². The standard InChI is InChI=1S/C8H14O3S/c1-3-4-5-8(7(2)9)6-12(10)11/h5H,3-4,6H2,1-2H3,(H,10,11)/b8-5+. The van der Waals surface area contributed by atoms with E-state index in [0.717, 1.165) is 12.8 Å². The topological polar surface area (TPSA) is 54.4 Å². The van der Waals surface area contributed by atoms with E-state index in [-0.39, 0.29) is 11.5 Å². The maximum atomic E-state index is 10.9. The van der Waals surface area contributed by atoms with E-state index in [4.69, 9.17) is 4.55 Å². The molecule has 12 heavy (non-hydrogen) atoms. The lowest BCUT2D eigenvalue weighted by Gasteiger charge is -1.98. The first-order chi connectivity index (χ1) is 5.57. The third kappa shape index (κ3) is 5.21. The summed E-state index contributed by atoms with van der Waals surface area (Å²) in [6.45, 7) is 3.40. The van der Waals surface area contributed by atoms with E-state index in [1.54, 1.807) is 6.08 Å². The summed E-state index contributed by atoms with van der Waals surface area (Å²) in [5, 5.41) is 0. The molecule has 0 saturated carbocycles. The Balaban J connectivity index is 4.22. The molecule has 1 atom stereocenters. The number of ketones is 1. The van der Waals surface area contributed by atoms with E-state index < -0.39 is 11.1 Å². The minimum Gasteiger partial charge on any atom is -0.306 e. The van der Waals surface area contributed by atoms with Crippen molar-refractivity contribution in [1.29, 1.82) is 0 Å². The van der Waals surface area contributed by atoms with Gasteiger partial charge in [-0.2, -0.15) is 0 Å². The Hall–Kier alpha value is -0.480. The molecule has 0 aliphatic heterocycles. The molecule has 0 aromatic rings. The zero-order chi connectivity index (χ0) is 9.56. The van der Waals surface area contributed by atoms with Crippen LogP contribution in [0.1, 0.15) is 26.7 Å². The van der Waals surface area contributed by atoms with Gasteiger partial charge >= 0.3 is 0 Å². The normalized spacial score (nSPS) is 14.4. The lowest BCUT2D eigenvalue weighted by Crippen LogP contribution is -2.06. The Morgan fingerprint density at radius 1 is 1.58 bits per heavy atom. The molecule has 0 amide bonds. The monoisotopic (exact) mass is 190 g/mol. The second-order valence-corrected chi connectivity index (χ2v) is 3.47. The molecular weight excluding hydrogens is 176 g/mol. The molecule has 3 nitrogen and oxygen atoms in total. The van der Waals surface area contributed by atoms with Crippen LogP contribution in [0, 0.1) is 0 Å². The predicted molar refractivity (Wildman–Crippen MR) is 49.3 cm³/mol. The number of allylic oxidation sites excluding steroid dienone is 1. The summed E-state index contributed by atoms with van der Waals surface area (Å²) >= 11 is -1.91. The van der Waals surface area contributed by atoms with E-state index in [1.165, 1.54) is 6.92 Å². The van der Waals surface area contributed by atoms with Gasteiger partial charge in [0.2, 0.25) is 0 Å². The number of carbonyl (C=O) groups is 1. The lowest BCUT2D eigenvalue weighted by atomic mass is 10.1. The molecule has 0 heterocycles. The number of hydrogen-bond donors (Lipinski definition) is 1. The van der Waals surface area contributed by atoms with Crippen LogP contribution in [0.4, 0.5) is 0 Å². The molecule has 0 fully saturated rings. The fourth-order valence-corrected chi connectivity index (χ4v) is 1.34. The quantitative estimate of drug-likeness (QED) is 0.528. The third-order valence-corrected chi connectivity index (χ3v) is 1.97. The van der Waals surface area contributed by atoms with Gasteiger partial charge in [-0.15, -0.1) is 0 Å². The second kappa shape index (κ2) is 6.08. The minimum absolute atomic E-state index is 0.0463. The molecule has 70 valence electrons. The molecule has 0 bridgehead atoms. The van der Waals surface area contributed by atoms with Gasteiger partial charge in [0.1, 0.15) is 0 Å². The molecule has 0 spiro atoms. The van der Waals surface area contributed by atoms with E-state index in [0.29, 0.717) is 5.57 Å². The molecular formula is C8H14O3S. The number of unbranched alkanes of at least 4 members (excludes halogenated alkanes) is 1. The van der Waals surface area contributed by atoms with Crippen LogP contribution in [-0.4, -0.2) is 20.3 Å². The van der Waals surface area contributed by atoms with Gasteiger partial charge in [-0.3, -0.25) is 4.79 Å². The summed E-state index contributed by atoms with van der Waals surface area (Å²) in [6, 6.07) is 0. The van der Waals surface area contributed by atoms with Gasteiger partial charge < -0.3 is 4.55 Å². The highest BCUT2D eigenvalue weighted by molar-refractivity contribution is 7.79. The summed E-state index contributed by atoms with van der Waals surface area (Å²) in [5.74, 6) is -0.166. The summed E-state index contributed by atoms with van der Waals surface area (Å²) in [6.07, 6.45) is 3.46. The van der Waals surface area contributed by atoms with Crippen molar-refractivity contribution in [2.75, 3.05) is 5.75 Å². The number of Topliss-reactive ketones (excluding diaryl/α,β-unsaturated/α-hetero) is 1. The predicted octanol–water partition coefficient (Wildman–Crippen LogP) is 1.52. The van der Waals surface area contributed by atoms with Gasteiger partial charge in [0, 0.05) is 5.57 Å². The Bertz CT molecular complexity index is 208. The van der Waals surface area contributed by atoms with Gasteiger partial charge in [-0.25, -0.2) is 4.21 Å². The molecule has 0 radical (unpaired) electrons. The third-order valence-electron chi connectivity index (χ3n) is 1.41. The van der Waals surface area contributed by atoms with Crippen LogP contribution < -0.4 is 0 Å². The number of carbonyl (C=O) groups excluding carboxylic acids is 1.